The number of rotatable bonds is 9. The van der Waals surface area contributed by atoms with Crippen LogP contribution in [0.25, 0.3) is 11.1 Å². The zero-order valence-electron chi connectivity index (χ0n) is 27.7. The summed E-state index contributed by atoms with van der Waals surface area (Å²) < 4.78 is 17.7. The van der Waals surface area contributed by atoms with Crippen LogP contribution in [0.15, 0.2) is 112 Å². The van der Waals surface area contributed by atoms with Gasteiger partial charge in [0, 0.05) is 20.2 Å². The standard InChI is InChI=1S/C41H41ClO6S/c1-41(28-19-25-18-26(21-28)22-29(41)20-25)48-37(43)24-47-40(45)38(39(44)27-10-4-3-5-11-27)33-23-30(16-17-34(33)46-2)49(42)35-14-8-6-12-31(35)32-13-7-9-15-36(32)49/h3-17,23,25-26,28-29,38-39,44H,18-22,24H2,1-2H3. The normalized spacial score (nSPS) is 27.3. The second kappa shape index (κ2) is 12.5. The number of aliphatic hydroxyl groups excluding tert-OH is 1. The summed E-state index contributed by atoms with van der Waals surface area (Å²) in [6.45, 7) is 1.54. The number of carbonyl (C=O) groups excluding carboxylic acids is 2. The van der Waals surface area contributed by atoms with Crippen molar-refractivity contribution in [3.05, 3.63) is 108 Å². The van der Waals surface area contributed by atoms with Gasteiger partial charge in [-0.05, 0) is 110 Å². The number of carbonyl (C=O) groups is 2. The Balaban J connectivity index is 1.12. The second-order valence-corrected chi connectivity index (χ2v) is 18.2. The van der Waals surface area contributed by atoms with Crippen molar-refractivity contribution in [2.45, 2.75) is 71.3 Å². The third-order valence-electron chi connectivity index (χ3n) is 11.7. The van der Waals surface area contributed by atoms with E-state index in [0.717, 1.165) is 63.3 Å². The van der Waals surface area contributed by atoms with Gasteiger partial charge in [0.1, 0.15) is 17.3 Å². The first-order valence-electron chi connectivity index (χ1n) is 17.2. The largest absolute Gasteiger partial charge is 0.496 e. The van der Waals surface area contributed by atoms with Crippen LogP contribution in [0.4, 0.5) is 0 Å². The third kappa shape index (κ3) is 5.36. The van der Waals surface area contributed by atoms with Crippen LogP contribution in [0, 0.1) is 23.7 Å². The van der Waals surface area contributed by atoms with E-state index in [1.165, 1.54) is 13.5 Å². The molecule has 4 aromatic carbocycles. The van der Waals surface area contributed by atoms with Gasteiger partial charge in [0.15, 0.2) is 6.61 Å². The van der Waals surface area contributed by atoms with Crippen molar-refractivity contribution in [1.82, 2.24) is 0 Å². The summed E-state index contributed by atoms with van der Waals surface area (Å²) in [5, 5.41) is 11.9. The van der Waals surface area contributed by atoms with Crippen molar-refractivity contribution in [3.63, 3.8) is 0 Å². The topological polar surface area (TPSA) is 82.1 Å². The Bertz CT molecular complexity index is 1840. The summed E-state index contributed by atoms with van der Waals surface area (Å²) in [6, 6.07) is 30.9. The molecule has 0 spiro atoms. The van der Waals surface area contributed by atoms with E-state index < -0.39 is 45.4 Å². The molecular formula is C41H41ClO6S. The lowest BCUT2D eigenvalue weighted by Crippen LogP contribution is -2.58. The third-order valence-corrected chi connectivity index (χ3v) is 16.0. The number of benzene rings is 4. The van der Waals surface area contributed by atoms with E-state index in [9.17, 15) is 14.7 Å². The maximum Gasteiger partial charge on any atom is 0.344 e. The van der Waals surface area contributed by atoms with Gasteiger partial charge in [-0.25, -0.2) is 4.79 Å². The summed E-state index contributed by atoms with van der Waals surface area (Å²) in [7, 11) is 7.05. The van der Waals surface area contributed by atoms with Gasteiger partial charge in [0.2, 0.25) is 0 Å². The first-order chi connectivity index (χ1) is 23.7. The fourth-order valence-electron chi connectivity index (χ4n) is 9.42. The number of hydrogen-bond acceptors (Lipinski definition) is 6. The smallest absolute Gasteiger partial charge is 0.344 e. The zero-order chi connectivity index (χ0) is 33.9. The molecule has 9 rings (SSSR count). The highest BCUT2D eigenvalue weighted by Crippen LogP contribution is 2.79. The van der Waals surface area contributed by atoms with Crippen molar-refractivity contribution in [3.8, 4) is 16.9 Å². The van der Waals surface area contributed by atoms with E-state index in [4.69, 9.17) is 24.9 Å². The van der Waals surface area contributed by atoms with E-state index in [1.807, 2.05) is 54.6 Å². The molecule has 6 nitrogen and oxygen atoms in total. The summed E-state index contributed by atoms with van der Waals surface area (Å²) in [4.78, 5) is 30.4. The molecule has 1 heterocycles. The molecule has 5 aliphatic rings. The predicted molar refractivity (Wildman–Crippen MR) is 190 cm³/mol. The predicted octanol–water partition coefficient (Wildman–Crippen LogP) is 9.23. The molecule has 0 amide bonds. The van der Waals surface area contributed by atoms with E-state index in [2.05, 4.69) is 31.2 Å². The number of hydrogen-bond donors (Lipinski definition) is 1. The minimum absolute atomic E-state index is 0.347. The number of methoxy groups -OCH3 is 1. The Morgan fingerprint density at radius 1 is 0.837 bits per heavy atom. The Kier molecular flexibility index (Phi) is 8.29. The van der Waals surface area contributed by atoms with Crippen molar-refractivity contribution in [2.75, 3.05) is 13.7 Å². The van der Waals surface area contributed by atoms with E-state index >= 15 is 0 Å². The Hall–Kier alpha value is -3.78. The van der Waals surface area contributed by atoms with Gasteiger partial charge in [-0.3, -0.25) is 4.79 Å². The minimum atomic E-state index is -2.25. The van der Waals surface area contributed by atoms with Crippen molar-refractivity contribution >= 4 is 31.9 Å². The molecule has 0 radical (unpaired) electrons. The number of ether oxygens (including phenoxy) is 3. The highest BCUT2D eigenvalue weighted by Gasteiger charge is 2.57. The molecule has 254 valence electrons. The van der Waals surface area contributed by atoms with Crippen LogP contribution >= 0.6 is 19.9 Å². The van der Waals surface area contributed by atoms with Crippen molar-refractivity contribution < 1.29 is 28.9 Å². The molecule has 4 aliphatic carbocycles. The number of esters is 2. The lowest BCUT2D eigenvalue weighted by Gasteiger charge is -2.59. The minimum Gasteiger partial charge on any atom is -0.496 e. The van der Waals surface area contributed by atoms with Crippen LogP contribution in [0.1, 0.15) is 62.2 Å². The van der Waals surface area contributed by atoms with Gasteiger partial charge in [-0.1, -0.05) is 86.7 Å². The van der Waals surface area contributed by atoms with E-state index in [1.54, 1.807) is 18.2 Å². The first-order valence-corrected chi connectivity index (χ1v) is 19.7. The van der Waals surface area contributed by atoms with Crippen molar-refractivity contribution in [2.24, 2.45) is 23.7 Å². The molecule has 0 aromatic heterocycles. The maximum atomic E-state index is 14.2. The van der Waals surface area contributed by atoms with Gasteiger partial charge in [-0.15, -0.1) is 0 Å². The summed E-state index contributed by atoms with van der Waals surface area (Å²) in [5.41, 5.74) is 2.57. The zero-order valence-corrected chi connectivity index (χ0v) is 29.3. The van der Waals surface area contributed by atoms with Gasteiger partial charge in [0.05, 0.1) is 13.2 Å². The molecule has 1 aliphatic heterocycles. The molecular weight excluding hydrogens is 656 g/mol. The lowest BCUT2D eigenvalue weighted by molar-refractivity contribution is -0.207. The molecule has 4 fully saturated rings. The second-order valence-electron chi connectivity index (χ2n) is 14.3. The fraction of sp³-hybridized carbons (Fsp3) is 0.366. The molecule has 4 aromatic rings. The molecule has 0 saturated heterocycles. The molecule has 2 atom stereocenters. The molecule has 4 bridgehead atoms. The number of fused-ring (bicyclic) bond motifs is 3. The molecule has 1 N–H and O–H groups in total. The highest BCUT2D eigenvalue weighted by molar-refractivity contribution is 8.51. The Morgan fingerprint density at radius 2 is 1.41 bits per heavy atom. The van der Waals surface area contributed by atoms with Crippen LogP contribution < -0.4 is 4.74 Å². The van der Waals surface area contributed by atoms with Crippen molar-refractivity contribution in [1.29, 1.82) is 0 Å². The summed E-state index contributed by atoms with van der Waals surface area (Å²) in [5.74, 6) is 0.0530. The van der Waals surface area contributed by atoms with Gasteiger partial charge < -0.3 is 19.3 Å². The SMILES string of the molecule is COc1ccc(S2(Cl)c3ccccc3-c3ccccc32)cc1C(C(=O)OCC(=O)OC1(C)C2CC3CC(C2)CC1C3)C(O)c1ccccc1. The Labute approximate surface area is 293 Å². The Morgan fingerprint density at radius 3 is 2.00 bits per heavy atom. The van der Waals surface area contributed by atoms with E-state index in [-0.39, 0.29) is 0 Å². The van der Waals surface area contributed by atoms with Crippen LogP contribution in [0.2, 0.25) is 0 Å². The monoisotopic (exact) mass is 696 g/mol. The highest BCUT2D eigenvalue weighted by atomic mass is 35.7. The van der Waals surface area contributed by atoms with Gasteiger partial charge in [-0.2, -0.15) is 0 Å². The quantitative estimate of drug-likeness (QED) is 0.176. The van der Waals surface area contributed by atoms with Crippen LogP contribution in [-0.4, -0.2) is 36.4 Å². The van der Waals surface area contributed by atoms with Gasteiger partial charge >= 0.3 is 11.9 Å². The first kappa shape index (κ1) is 32.4. The summed E-state index contributed by atoms with van der Waals surface area (Å²) in [6.07, 6.45) is 4.39. The summed E-state index contributed by atoms with van der Waals surface area (Å²) >= 11 is 0. The lowest BCUT2D eigenvalue weighted by atomic mass is 9.50. The molecule has 49 heavy (non-hydrogen) atoms. The molecule has 4 saturated carbocycles. The van der Waals surface area contributed by atoms with Gasteiger partial charge in [0.25, 0.3) is 0 Å². The van der Waals surface area contributed by atoms with E-state index in [0.29, 0.717) is 28.7 Å². The average Bonchev–Trinajstić information content (AvgIpc) is 3.39. The average molecular weight is 697 g/mol. The van der Waals surface area contributed by atoms with Crippen LogP contribution in [0.3, 0.4) is 0 Å². The number of aliphatic hydroxyl groups is 1. The van der Waals surface area contributed by atoms with Crippen LogP contribution in [0.5, 0.6) is 5.75 Å². The number of halogens is 1. The van der Waals surface area contributed by atoms with Crippen LogP contribution in [-0.2, 0) is 19.1 Å². The maximum absolute atomic E-state index is 14.2. The molecule has 2 unspecified atom stereocenters. The molecule has 8 heteroatoms. The fourth-order valence-corrected chi connectivity index (χ4v) is 13.3.